The second-order valence-corrected chi connectivity index (χ2v) is 9.97. The van der Waals surface area contributed by atoms with Gasteiger partial charge in [0.1, 0.15) is 30.5 Å². The summed E-state index contributed by atoms with van der Waals surface area (Å²) in [5, 5.41) is 22.0. The molecule has 1 aliphatic heterocycles. The molecule has 1 heterocycles. The molecule has 182 valence electrons. The monoisotopic (exact) mass is 463 g/mol. The quantitative estimate of drug-likeness (QED) is 0.436. The molecule has 3 aromatic rings. The minimum atomic E-state index is -0.923. The number of phenols is 1. The van der Waals surface area contributed by atoms with Gasteiger partial charge in [0, 0.05) is 18.5 Å². The SMILES string of the molecule is CC(C)(O)COc1ccc2cc(O)ccc2c1Cc1ccc(OCCN2CCCCCC2)cc1. The zero-order chi connectivity index (χ0) is 24.0. The number of nitrogens with zero attached hydrogens (tertiary/aromatic N) is 1. The van der Waals surface area contributed by atoms with Crippen molar-refractivity contribution in [2.45, 2.75) is 51.6 Å². The molecule has 3 aromatic carbocycles. The highest BCUT2D eigenvalue weighted by atomic mass is 16.5. The van der Waals surface area contributed by atoms with Gasteiger partial charge in [0.25, 0.3) is 0 Å². The largest absolute Gasteiger partial charge is 0.508 e. The van der Waals surface area contributed by atoms with Crippen LogP contribution >= 0.6 is 0 Å². The van der Waals surface area contributed by atoms with Crippen molar-refractivity contribution >= 4 is 10.8 Å². The molecule has 0 aliphatic carbocycles. The first-order chi connectivity index (χ1) is 16.4. The molecule has 0 atom stereocenters. The number of benzene rings is 3. The van der Waals surface area contributed by atoms with Crippen molar-refractivity contribution in [3.63, 3.8) is 0 Å². The standard InChI is InChI=1S/C29H37NO4/c1-29(2,32)21-34-28-14-9-23-20-24(31)10-13-26(23)27(28)19-22-7-11-25(12-8-22)33-18-17-30-15-5-3-4-6-16-30/h7-14,20,31-32H,3-6,15-19,21H2,1-2H3. The van der Waals surface area contributed by atoms with Gasteiger partial charge < -0.3 is 19.7 Å². The van der Waals surface area contributed by atoms with Gasteiger partial charge in [-0.05, 0) is 86.4 Å². The van der Waals surface area contributed by atoms with Gasteiger partial charge in [-0.25, -0.2) is 0 Å². The summed E-state index contributed by atoms with van der Waals surface area (Å²) in [6, 6.07) is 17.5. The molecule has 2 N–H and O–H groups in total. The fourth-order valence-electron chi connectivity index (χ4n) is 4.49. The lowest BCUT2D eigenvalue weighted by atomic mass is 9.97. The van der Waals surface area contributed by atoms with E-state index < -0.39 is 5.60 Å². The van der Waals surface area contributed by atoms with Gasteiger partial charge in [0.15, 0.2) is 0 Å². The topological polar surface area (TPSA) is 62.2 Å². The molecule has 5 heteroatoms. The van der Waals surface area contributed by atoms with Gasteiger partial charge in [-0.3, -0.25) is 4.90 Å². The van der Waals surface area contributed by atoms with E-state index in [1.165, 1.54) is 38.8 Å². The van der Waals surface area contributed by atoms with Crippen molar-refractivity contribution in [3.8, 4) is 17.2 Å². The van der Waals surface area contributed by atoms with Gasteiger partial charge >= 0.3 is 0 Å². The normalized spacial score (nSPS) is 15.3. The Kier molecular flexibility index (Phi) is 7.96. The van der Waals surface area contributed by atoms with Crippen molar-refractivity contribution < 1.29 is 19.7 Å². The lowest BCUT2D eigenvalue weighted by Gasteiger charge is -2.21. The summed E-state index contributed by atoms with van der Waals surface area (Å²) in [7, 11) is 0. The van der Waals surface area contributed by atoms with Crippen molar-refractivity contribution in [2.75, 3.05) is 32.8 Å². The van der Waals surface area contributed by atoms with Crippen LogP contribution in [0.1, 0.15) is 50.7 Å². The Hall–Kier alpha value is -2.76. The van der Waals surface area contributed by atoms with Crippen LogP contribution in [0, 0.1) is 0 Å². The fourth-order valence-corrected chi connectivity index (χ4v) is 4.49. The summed E-state index contributed by atoms with van der Waals surface area (Å²) in [6.07, 6.45) is 5.97. The first-order valence-corrected chi connectivity index (χ1v) is 12.4. The zero-order valence-electron chi connectivity index (χ0n) is 20.4. The number of hydrogen-bond donors (Lipinski definition) is 2. The van der Waals surface area contributed by atoms with Gasteiger partial charge in [-0.15, -0.1) is 0 Å². The molecule has 0 aromatic heterocycles. The van der Waals surface area contributed by atoms with E-state index in [2.05, 4.69) is 17.0 Å². The first kappa shape index (κ1) is 24.4. The van der Waals surface area contributed by atoms with E-state index in [0.29, 0.717) is 13.0 Å². The summed E-state index contributed by atoms with van der Waals surface area (Å²) >= 11 is 0. The van der Waals surface area contributed by atoms with Crippen LogP contribution < -0.4 is 9.47 Å². The van der Waals surface area contributed by atoms with Crippen LogP contribution in [0.2, 0.25) is 0 Å². The van der Waals surface area contributed by atoms with Crippen LogP contribution in [0.3, 0.4) is 0 Å². The summed E-state index contributed by atoms with van der Waals surface area (Å²) < 4.78 is 12.0. The molecule has 0 spiro atoms. The van der Waals surface area contributed by atoms with Crippen molar-refractivity contribution in [2.24, 2.45) is 0 Å². The van der Waals surface area contributed by atoms with E-state index in [-0.39, 0.29) is 12.4 Å². The maximum atomic E-state index is 10.1. The van der Waals surface area contributed by atoms with Crippen LogP contribution in [0.5, 0.6) is 17.2 Å². The maximum Gasteiger partial charge on any atom is 0.123 e. The molecule has 4 rings (SSSR count). The minimum absolute atomic E-state index is 0.202. The number of rotatable bonds is 9. The second kappa shape index (κ2) is 11.1. The third-order valence-electron chi connectivity index (χ3n) is 6.33. The Morgan fingerprint density at radius 3 is 2.32 bits per heavy atom. The van der Waals surface area contributed by atoms with Gasteiger partial charge in [0.2, 0.25) is 0 Å². The Labute approximate surface area is 202 Å². The van der Waals surface area contributed by atoms with Gasteiger partial charge in [-0.1, -0.05) is 37.1 Å². The Balaban J connectivity index is 1.45. The van der Waals surface area contributed by atoms with Crippen LogP contribution in [0.25, 0.3) is 10.8 Å². The molecular weight excluding hydrogens is 426 g/mol. The average Bonchev–Trinajstić information content (AvgIpc) is 3.08. The smallest absolute Gasteiger partial charge is 0.123 e. The van der Waals surface area contributed by atoms with E-state index in [1.54, 1.807) is 26.0 Å². The van der Waals surface area contributed by atoms with Crippen molar-refractivity contribution in [1.29, 1.82) is 0 Å². The number of phenolic OH excluding ortho intramolecular Hbond substituents is 1. The molecule has 5 nitrogen and oxygen atoms in total. The summed E-state index contributed by atoms with van der Waals surface area (Å²) in [4.78, 5) is 2.51. The van der Waals surface area contributed by atoms with E-state index in [1.807, 2.05) is 30.3 Å². The molecule has 0 amide bonds. The van der Waals surface area contributed by atoms with Crippen LogP contribution in [0.4, 0.5) is 0 Å². The van der Waals surface area contributed by atoms with Gasteiger partial charge in [0.05, 0.1) is 5.60 Å². The zero-order valence-corrected chi connectivity index (χ0v) is 20.4. The molecule has 0 bridgehead atoms. The van der Waals surface area contributed by atoms with E-state index in [4.69, 9.17) is 9.47 Å². The molecule has 1 saturated heterocycles. The van der Waals surface area contributed by atoms with Crippen molar-refractivity contribution in [1.82, 2.24) is 4.90 Å². The predicted molar refractivity (Wildman–Crippen MR) is 137 cm³/mol. The highest BCUT2D eigenvalue weighted by Gasteiger charge is 2.17. The molecule has 1 aliphatic rings. The molecule has 1 fully saturated rings. The predicted octanol–water partition coefficient (Wildman–Crippen LogP) is 5.54. The van der Waals surface area contributed by atoms with Crippen LogP contribution in [0.15, 0.2) is 54.6 Å². The van der Waals surface area contributed by atoms with Crippen LogP contribution in [-0.4, -0.2) is 53.6 Å². The van der Waals surface area contributed by atoms with E-state index in [9.17, 15) is 10.2 Å². The summed E-state index contributed by atoms with van der Waals surface area (Å²) in [6.45, 7) is 7.72. The Morgan fingerprint density at radius 2 is 1.62 bits per heavy atom. The number of hydrogen-bond acceptors (Lipinski definition) is 5. The first-order valence-electron chi connectivity index (χ1n) is 12.4. The highest BCUT2D eigenvalue weighted by molar-refractivity contribution is 5.89. The lowest BCUT2D eigenvalue weighted by Crippen LogP contribution is -2.29. The average molecular weight is 464 g/mol. The third-order valence-corrected chi connectivity index (χ3v) is 6.33. The number of fused-ring (bicyclic) bond motifs is 1. The highest BCUT2D eigenvalue weighted by Crippen LogP contribution is 2.33. The fraction of sp³-hybridized carbons (Fsp3) is 0.448. The summed E-state index contributed by atoms with van der Waals surface area (Å²) in [5.74, 6) is 1.88. The number of likely N-dealkylation sites (tertiary alicyclic amines) is 1. The summed E-state index contributed by atoms with van der Waals surface area (Å²) in [5.41, 5.74) is 1.26. The third kappa shape index (κ3) is 6.87. The molecule has 0 saturated carbocycles. The number of ether oxygens (including phenoxy) is 2. The Morgan fingerprint density at radius 1 is 0.882 bits per heavy atom. The Bertz CT molecular complexity index is 1060. The van der Waals surface area contributed by atoms with E-state index in [0.717, 1.165) is 39.9 Å². The van der Waals surface area contributed by atoms with E-state index >= 15 is 0 Å². The molecule has 0 unspecified atom stereocenters. The second-order valence-electron chi connectivity index (χ2n) is 9.97. The molecule has 34 heavy (non-hydrogen) atoms. The van der Waals surface area contributed by atoms with Crippen molar-refractivity contribution in [3.05, 3.63) is 65.7 Å². The number of aromatic hydroxyl groups is 1. The minimum Gasteiger partial charge on any atom is -0.508 e. The molecular formula is C29H37NO4. The van der Waals surface area contributed by atoms with Gasteiger partial charge in [-0.2, -0.15) is 0 Å². The van der Waals surface area contributed by atoms with Crippen LogP contribution in [-0.2, 0) is 6.42 Å². The maximum absolute atomic E-state index is 10.1. The molecule has 0 radical (unpaired) electrons. The number of aliphatic hydroxyl groups is 1. The lowest BCUT2D eigenvalue weighted by molar-refractivity contribution is 0.0282.